The highest BCUT2D eigenvalue weighted by Gasteiger charge is 2.05. The van der Waals surface area contributed by atoms with Crippen LogP contribution in [0.1, 0.15) is 10.4 Å². The summed E-state index contributed by atoms with van der Waals surface area (Å²) in [5.74, 6) is 0. The van der Waals surface area contributed by atoms with Gasteiger partial charge >= 0.3 is 0 Å². The number of benzene rings is 1. The zero-order valence-electron chi connectivity index (χ0n) is 8.71. The molecular formula is C13H10F2S. The standard InChI is InChI=1S/C13H10F2S/c1-9-6-7-12(16-9)11-5-3-2-4-10(11)8-13(14)15/h2-8H,1H3. The van der Waals surface area contributed by atoms with Gasteiger partial charge in [-0.05, 0) is 30.2 Å². The first kappa shape index (κ1) is 11.0. The summed E-state index contributed by atoms with van der Waals surface area (Å²) in [6.07, 6.45) is -0.759. The molecule has 0 aliphatic carbocycles. The van der Waals surface area contributed by atoms with Crippen molar-refractivity contribution in [1.29, 1.82) is 0 Å². The number of halogens is 2. The van der Waals surface area contributed by atoms with E-state index in [1.165, 1.54) is 4.88 Å². The van der Waals surface area contributed by atoms with Gasteiger partial charge in [0.2, 0.25) is 0 Å². The van der Waals surface area contributed by atoms with Crippen LogP contribution in [0.5, 0.6) is 0 Å². The highest BCUT2D eigenvalue weighted by Crippen LogP contribution is 2.31. The largest absolute Gasteiger partial charge is 0.270 e. The summed E-state index contributed by atoms with van der Waals surface area (Å²) in [5, 5.41) is 0. The molecule has 0 unspecified atom stereocenters. The molecule has 2 aromatic rings. The Labute approximate surface area is 96.9 Å². The van der Waals surface area contributed by atoms with Crippen LogP contribution in [0.15, 0.2) is 42.5 Å². The molecule has 0 atom stereocenters. The van der Waals surface area contributed by atoms with Gasteiger partial charge in [0.1, 0.15) is 0 Å². The topological polar surface area (TPSA) is 0 Å². The Morgan fingerprint density at radius 2 is 1.88 bits per heavy atom. The Morgan fingerprint density at radius 3 is 2.50 bits per heavy atom. The number of hydrogen-bond acceptors (Lipinski definition) is 1. The lowest BCUT2D eigenvalue weighted by Gasteiger charge is -2.02. The highest BCUT2D eigenvalue weighted by atomic mass is 32.1. The first-order chi connectivity index (χ1) is 7.66. The van der Waals surface area contributed by atoms with E-state index in [0.717, 1.165) is 16.5 Å². The Morgan fingerprint density at radius 1 is 1.12 bits per heavy atom. The molecule has 1 aromatic heterocycles. The van der Waals surface area contributed by atoms with Crippen molar-refractivity contribution >= 4 is 17.4 Å². The lowest BCUT2D eigenvalue weighted by molar-refractivity contribution is 0.429. The second kappa shape index (κ2) is 4.58. The molecular weight excluding hydrogens is 226 g/mol. The lowest BCUT2D eigenvalue weighted by Crippen LogP contribution is -1.79. The third-order valence-corrected chi connectivity index (χ3v) is 3.27. The van der Waals surface area contributed by atoms with Crippen LogP contribution in [0, 0.1) is 6.92 Å². The molecule has 0 amide bonds. The van der Waals surface area contributed by atoms with E-state index in [0.29, 0.717) is 5.56 Å². The van der Waals surface area contributed by atoms with Gasteiger partial charge in [0.05, 0.1) is 0 Å². The summed E-state index contributed by atoms with van der Waals surface area (Å²) in [7, 11) is 0. The van der Waals surface area contributed by atoms with Gasteiger partial charge in [-0.25, -0.2) is 0 Å². The van der Waals surface area contributed by atoms with Gasteiger partial charge < -0.3 is 0 Å². The zero-order chi connectivity index (χ0) is 11.5. The van der Waals surface area contributed by atoms with Crippen LogP contribution in [0.2, 0.25) is 0 Å². The minimum atomic E-state index is -1.67. The summed E-state index contributed by atoms with van der Waals surface area (Å²) >= 11 is 1.61. The number of thiophene rings is 1. The fraction of sp³-hybridized carbons (Fsp3) is 0.0769. The summed E-state index contributed by atoms with van der Waals surface area (Å²) in [4.78, 5) is 2.19. The summed E-state index contributed by atoms with van der Waals surface area (Å²) in [5.41, 5.74) is 1.41. The van der Waals surface area contributed by atoms with E-state index in [-0.39, 0.29) is 0 Å². The van der Waals surface area contributed by atoms with Crippen molar-refractivity contribution in [2.45, 2.75) is 6.92 Å². The van der Waals surface area contributed by atoms with Crippen LogP contribution in [-0.2, 0) is 0 Å². The quantitative estimate of drug-likeness (QED) is 0.691. The average Bonchev–Trinajstić information content (AvgIpc) is 2.65. The predicted octanol–water partition coefficient (Wildman–Crippen LogP) is 4.96. The molecule has 1 heterocycles. The number of hydrogen-bond donors (Lipinski definition) is 0. The van der Waals surface area contributed by atoms with Gasteiger partial charge in [-0.15, -0.1) is 11.3 Å². The van der Waals surface area contributed by atoms with Crippen LogP contribution < -0.4 is 0 Å². The summed E-state index contributed by atoms with van der Waals surface area (Å²) in [6.45, 7) is 2.00. The van der Waals surface area contributed by atoms with Crippen LogP contribution in [0.3, 0.4) is 0 Å². The Kier molecular flexibility index (Phi) is 3.15. The predicted molar refractivity (Wildman–Crippen MR) is 64.7 cm³/mol. The van der Waals surface area contributed by atoms with Crippen molar-refractivity contribution in [3.8, 4) is 10.4 Å². The average molecular weight is 236 g/mol. The third kappa shape index (κ3) is 2.36. The number of aryl methyl sites for hydroxylation is 1. The Hall–Kier alpha value is -1.48. The minimum absolute atomic E-state index is 0.560. The molecule has 0 aliphatic rings. The van der Waals surface area contributed by atoms with E-state index in [1.54, 1.807) is 23.5 Å². The molecule has 2 rings (SSSR count). The highest BCUT2D eigenvalue weighted by molar-refractivity contribution is 7.15. The Balaban J connectivity index is 2.52. The maximum atomic E-state index is 12.3. The second-order valence-corrected chi connectivity index (χ2v) is 4.72. The number of rotatable bonds is 2. The van der Waals surface area contributed by atoms with Crippen molar-refractivity contribution in [1.82, 2.24) is 0 Å². The van der Waals surface area contributed by atoms with E-state index in [1.807, 2.05) is 31.2 Å². The van der Waals surface area contributed by atoms with Crippen LogP contribution in [0.25, 0.3) is 16.5 Å². The molecule has 82 valence electrons. The molecule has 0 spiro atoms. The lowest BCUT2D eigenvalue weighted by atomic mass is 10.1. The van der Waals surface area contributed by atoms with Crippen LogP contribution >= 0.6 is 11.3 Å². The van der Waals surface area contributed by atoms with E-state index >= 15 is 0 Å². The van der Waals surface area contributed by atoms with Gasteiger partial charge in [-0.2, -0.15) is 8.78 Å². The molecule has 0 radical (unpaired) electrons. The summed E-state index contributed by atoms with van der Waals surface area (Å²) in [6, 6.07) is 11.1. The van der Waals surface area contributed by atoms with Crippen LogP contribution in [-0.4, -0.2) is 0 Å². The van der Waals surface area contributed by atoms with E-state index in [2.05, 4.69) is 0 Å². The normalized spacial score (nSPS) is 10.2. The minimum Gasteiger partial charge on any atom is -0.173 e. The molecule has 0 nitrogen and oxygen atoms in total. The van der Waals surface area contributed by atoms with E-state index < -0.39 is 6.08 Å². The monoisotopic (exact) mass is 236 g/mol. The molecule has 0 saturated carbocycles. The van der Waals surface area contributed by atoms with Crippen molar-refractivity contribution in [3.63, 3.8) is 0 Å². The van der Waals surface area contributed by atoms with E-state index in [4.69, 9.17) is 0 Å². The van der Waals surface area contributed by atoms with E-state index in [9.17, 15) is 8.78 Å². The fourth-order valence-electron chi connectivity index (χ4n) is 1.54. The molecule has 1 aromatic carbocycles. The second-order valence-electron chi connectivity index (χ2n) is 3.43. The SMILES string of the molecule is Cc1ccc(-c2ccccc2C=C(F)F)s1. The summed E-state index contributed by atoms with van der Waals surface area (Å²) < 4.78 is 24.6. The van der Waals surface area contributed by atoms with Crippen molar-refractivity contribution in [2.75, 3.05) is 0 Å². The smallest absolute Gasteiger partial charge is 0.173 e. The maximum absolute atomic E-state index is 12.3. The van der Waals surface area contributed by atoms with Gasteiger partial charge in [0.25, 0.3) is 6.08 Å². The van der Waals surface area contributed by atoms with Crippen LogP contribution in [0.4, 0.5) is 8.78 Å². The zero-order valence-corrected chi connectivity index (χ0v) is 9.52. The molecule has 0 N–H and O–H groups in total. The molecule has 0 bridgehead atoms. The van der Waals surface area contributed by atoms with Gasteiger partial charge in [-0.1, -0.05) is 24.3 Å². The molecule has 0 fully saturated rings. The van der Waals surface area contributed by atoms with Crippen molar-refractivity contribution in [3.05, 3.63) is 52.9 Å². The van der Waals surface area contributed by atoms with Crippen molar-refractivity contribution < 1.29 is 8.78 Å². The van der Waals surface area contributed by atoms with Gasteiger partial charge in [0, 0.05) is 15.8 Å². The first-order valence-corrected chi connectivity index (χ1v) is 5.67. The molecule has 0 saturated heterocycles. The van der Waals surface area contributed by atoms with Gasteiger partial charge in [-0.3, -0.25) is 0 Å². The first-order valence-electron chi connectivity index (χ1n) is 4.85. The molecule has 3 heteroatoms. The fourth-order valence-corrected chi connectivity index (χ4v) is 2.46. The third-order valence-electron chi connectivity index (χ3n) is 2.23. The Bertz CT molecular complexity index is 522. The molecule has 16 heavy (non-hydrogen) atoms. The molecule has 0 aliphatic heterocycles. The maximum Gasteiger partial charge on any atom is 0.270 e. The van der Waals surface area contributed by atoms with Gasteiger partial charge in [0.15, 0.2) is 0 Å². The van der Waals surface area contributed by atoms with Crippen molar-refractivity contribution in [2.24, 2.45) is 0 Å².